The van der Waals surface area contributed by atoms with Crippen molar-refractivity contribution >= 4 is 11.8 Å². The lowest BCUT2D eigenvalue weighted by Crippen LogP contribution is -2.38. The van der Waals surface area contributed by atoms with Crippen LogP contribution in [0, 0.1) is 0 Å². The summed E-state index contributed by atoms with van der Waals surface area (Å²) in [5.41, 5.74) is 1.29. The van der Waals surface area contributed by atoms with Crippen LogP contribution in [-0.2, 0) is 27.2 Å². The number of ether oxygens (including phenoxy) is 1. The second-order valence-electron chi connectivity index (χ2n) is 5.37. The number of hydrogen-bond donors (Lipinski definition) is 1. The summed E-state index contributed by atoms with van der Waals surface area (Å²) in [6, 6.07) is 7.95. The predicted octanol–water partition coefficient (Wildman–Crippen LogP) is 1.82. The third-order valence-corrected chi connectivity index (χ3v) is 3.67. The van der Waals surface area contributed by atoms with E-state index in [0.717, 1.165) is 12.0 Å². The van der Waals surface area contributed by atoms with Gasteiger partial charge in [-0.2, -0.15) is 0 Å². The maximum absolute atomic E-state index is 11.9. The highest BCUT2D eigenvalue weighted by atomic mass is 16.5. The summed E-state index contributed by atoms with van der Waals surface area (Å²) in [5.74, 6) is -0.775. The first kappa shape index (κ1) is 14.7. The van der Waals surface area contributed by atoms with E-state index in [1.165, 1.54) is 5.56 Å². The van der Waals surface area contributed by atoms with Crippen LogP contribution in [-0.4, -0.2) is 29.1 Å². The topological polar surface area (TPSA) is 63.6 Å². The van der Waals surface area contributed by atoms with Gasteiger partial charge in [-0.05, 0) is 30.9 Å². The average Bonchev–Trinajstić information content (AvgIpc) is 2.37. The van der Waals surface area contributed by atoms with Gasteiger partial charge in [0.2, 0.25) is 0 Å². The van der Waals surface area contributed by atoms with Crippen molar-refractivity contribution in [2.24, 2.45) is 0 Å². The van der Waals surface area contributed by atoms with Gasteiger partial charge in [0.15, 0.2) is 0 Å². The maximum atomic E-state index is 11.9. The van der Waals surface area contributed by atoms with Crippen molar-refractivity contribution in [3.63, 3.8) is 0 Å². The molecule has 1 aromatic rings. The van der Waals surface area contributed by atoms with Gasteiger partial charge in [0.25, 0.3) is 0 Å². The zero-order chi connectivity index (χ0) is 14.6. The smallest absolute Gasteiger partial charge is 0.313 e. The Morgan fingerprint density at radius 2 is 2.00 bits per heavy atom. The van der Waals surface area contributed by atoms with Crippen LogP contribution in [0.5, 0.6) is 0 Å². The van der Waals surface area contributed by atoms with Gasteiger partial charge in [-0.15, -0.1) is 0 Å². The van der Waals surface area contributed by atoms with Gasteiger partial charge in [-0.1, -0.05) is 24.3 Å². The minimum atomic E-state index is -1.03. The minimum absolute atomic E-state index is 0.0140. The summed E-state index contributed by atoms with van der Waals surface area (Å²) in [6.07, 6.45) is 1.55. The molecule has 1 aromatic carbocycles. The molecule has 0 spiro atoms. The first-order valence-corrected chi connectivity index (χ1v) is 6.99. The predicted molar refractivity (Wildman–Crippen MR) is 74.3 cm³/mol. The van der Waals surface area contributed by atoms with Crippen molar-refractivity contribution in [1.29, 1.82) is 0 Å². The van der Waals surface area contributed by atoms with Crippen LogP contribution in [0.1, 0.15) is 37.3 Å². The number of rotatable bonds is 5. The number of ketones is 1. The van der Waals surface area contributed by atoms with Crippen LogP contribution >= 0.6 is 0 Å². The number of aliphatic hydroxyl groups is 1. The highest BCUT2D eigenvalue weighted by Crippen LogP contribution is 2.31. The van der Waals surface area contributed by atoms with E-state index in [9.17, 15) is 14.7 Å². The highest BCUT2D eigenvalue weighted by Gasteiger charge is 2.34. The molecule has 108 valence electrons. The Kier molecular flexibility index (Phi) is 4.55. The molecule has 0 aromatic heterocycles. The van der Waals surface area contributed by atoms with Crippen molar-refractivity contribution in [3.8, 4) is 0 Å². The lowest BCUT2D eigenvalue weighted by Gasteiger charge is -2.33. The van der Waals surface area contributed by atoms with E-state index in [1.54, 1.807) is 6.92 Å². The Hall–Kier alpha value is -1.68. The van der Waals surface area contributed by atoms with Gasteiger partial charge >= 0.3 is 5.97 Å². The molecule has 0 heterocycles. The first-order valence-electron chi connectivity index (χ1n) is 6.99. The van der Waals surface area contributed by atoms with Crippen LogP contribution in [0.25, 0.3) is 0 Å². The zero-order valence-electron chi connectivity index (χ0n) is 11.7. The molecule has 0 aliphatic heterocycles. The summed E-state index contributed by atoms with van der Waals surface area (Å²) < 4.78 is 4.75. The summed E-state index contributed by atoms with van der Waals surface area (Å²) in [7, 11) is 0. The second-order valence-corrected chi connectivity index (χ2v) is 5.37. The van der Waals surface area contributed by atoms with E-state index in [0.29, 0.717) is 12.8 Å². The highest BCUT2D eigenvalue weighted by molar-refractivity contribution is 5.96. The summed E-state index contributed by atoms with van der Waals surface area (Å²) >= 11 is 0. The van der Waals surface area contributed by atoms with Gasteiger partial charge in [-0.25, -0.2) is 0 Å². The molecule has 1 atom stereocenters. The normalized spacial score (nSPS) is 21.1. The third kappa shape index (κ3) is 3.67. The SMILES string of the molecule is CCOC(=O)CC(=O)CC1(O)CCc2ccccc2C1. The van der Waals surface area contributed by atoms with Gasteiger partial charge in [0.05, 0.1) is 12.2 Å². The number of benzene rings is 1. The quantitative estimate of drug-likeness (QED) is 0.658. The third-order valence-electron chi connectivity index (χ3n) is 3.67. The molecular weight excluding hydrogens is 256 g/mol. The first-order chi connectivity index (χ1) is 9.52. The van der Waals surface area contributed by atoms with Crippen molar-refractivity contribution in [1.82, 2.24) is 0 Å². The molecule has 1 aliphatic carbocycles. The standard InChI is InChI=1S/C16H20O4/c1-2-20-15(18)9-14(17)11-16(19)8-7-12-5-3-4-6-13(12)10-16/h3-6,19H,2,7-11H2,1H3. The molecule has 1 unspecified atom stereocenters. The summed E-state index contributed by atoms with van der Waals surface area (Å²) in [4.78, 5) is 23.1. The number of aryl methyl sites for hydroxylation is 1. The molecule has 1 N–H and O–H groups in total. The summed E-state index contributed by atoms with van der Waals surface area (Å²) in [5, 5.41) is 10.6. The van der Waals surface area contributed by atoms with Crippen LogP contribution in [0.15, 0.2) is 24.3 Å². The van der Waals surface area contributed by atoms with Crippen LogP contribution < -0.4 is 0 Å². The maximum Gasteiger partial charge on any atom is 0.313 e. The molecule has 0 saturated carbocycles. The summed E-state index contributed by atoms with van der Waals surface area (Å²) in [6.45, 7) is 1.97. The van der Waals surface area contributed by atoms with Crippen molar-refractivity contribution < 1.29 is 19.4 Å². The lowest BCUT2D eigenvalue weighted by molar-refractivity contribution is -0.146. The average molecular weight is 276 g/mol. The van der Waals surface area contributed by atoms with E-state index >= 15 is 0 Å². The van der Waals surface area contributed by atoms with E-state index < -0.39 is 11.6 Å². The molecule has 4 heteroatoms. The van der Waals surface area contributed by atoms with Crippen LogP contribution in [0.2, 0.25) is 0 Å². The fraction of sp³-hybridized carbons (Fsp3) is 0.500. The van der Waals surface area contributed by atoms with E-state index in [2.05, 4.69) is 6.07 Å². The molecule has 0 bridgehead atoms. The molecule has 0 radical (unpaired) electrons. The number of carbonyl (C=O) groups is 2. The Bertz CT molecular complexity index is 509. The van der Waals surface area contributed by atoms with E-state index in [-0.39, 0.29) is 25.2 Å². The van der Waals surface area contributed by atoms with E-state index in [4.69, 9.17) is 4.74 Å². The molecule has 2 rings (SSSR count). The molecular formula is C16H20O4. The molecule has 20 heavy (non-hydrogen) atoms. The molecule has 0 fully saturated rings. The van der Waals surface area contributed by atoms with Crippen molar-refractivity contribution in [2.75, 3.05) is 6.61 Å². The van der Waals surface area contributed by atoms with Crippen molar-refractivity contribution in [3.05, 3.63) is 35.4 Å². The minimum Gasteiger partial charge on any atom is -0.466 e. The van der Waals surface area contributed by atoms with Gasteiger partial charge in [0.1, 0.15) is 12.2 Å². The second kappa shape index (κ2) is 6.18. The number of hydrogen-bond acceptors (Lipinski definition) is 4. The molecule has 0 saturated heterocycles. The lowest BCUT2D eigenvalue weighted by atomic mass is 9.77. The van der Waals surface area contributed by atoms with Gasteiger partial charge < -0.3 is 9.84 Å². The molecule has 0 amide bonds. The van der Waals surface area contributed by atoms with Crippen molar-refractivity contribution in [2.45, 2.75) is 44.6 Å². The zero-order valence-corrected chi connectivity index (χ0v) is 11.7. The fourth-order valence-electron chi connectivity index (χ4n) is 2.74. The van der Waals surface area contributed by atoms with Crippen LogP contribution in [0.4, 0.5) is 0 Å². The number of Topliss-reactive ketones (excluding diaryl/α,β-unsaturated/α-hetero) is 1. The van der Waals surface area contributed by atoms with Gasteiger partial charge in [-0.3, -0.25) is 9.59 Å². The number of carbonyl (C=O) groups excluding carboxylic acids is 2. The Balaban J connectivity index is 1.96. The largest absolute Gasteiger partial charge is 0.466 e. The number of esters is 1. The monoisotopic (exact) mass is 276 g/mol. The Morgan fingerprint density at radius 3 is 2.70 bits per heavy atom. The van der Waals surface area contributed by atoms with E-state index in [1.807, 2.05) is 18.2 Å². The molecule has 1 aliphatic rings. The van der Waals surface area contributed by atoms with Gasteiger partial charge in [0, 0.05) is 12.8 Å². The Labute approximate surface area is 118 Å². The molecule has 4 nitrogen and oxygen atoms in total. The fourth-order valence-corrected chi connectivity index (χ4v) is 2.74. The Morgan fingerprint density at radius 1 is 1.30 bits per heavy atom. The van der Waals surface area contributed by atoms with Crippen LogP contribution in [0.3, 0.4) is 0 Å². The number of fused-ring (bicyclic) bond motifs is 1.